The molecule has 0 radical (unpaired) electrons. The molecule has 156 valence electrons. The van der Waals surface area contributed by atoms with Crippen molar-refractivity contribution in [1.82, 2.24) is 24.3 Å². The molecule has 0 fully saturated rings. The summed E-state index contributed by atoms with van der Waals surface area (Å²) in [5.41, 5.74) is 1.39. The molecule has 0 spiro atoms. The second kappa shape index (κ2) is 9.27. The lowest BCUT2D eigenvalue weighted by Crippen LogP contribution is -2.42. The predicted molar refractivity (Wildman–Crippen MR) is 109 cm³/mol. The summed E-state index contributed by atoms with van der Waals surface area (Å²) in [5, 5.41) is 3.71. The third-order valence-electron chi connectivity index (χ3n) is 4.81. The third-order valence-corrected chi connectivity index (χ3v) is 5.87. The topological polar surface area (TPSA) is 98.5 Å². The highest BCUT2D eigenvalue weighted by molar-refractivity contribution is 7.99. The minimum atomic E-state index is -0.375. The smallest absolute Gasteiger partial charge is 0.263 e. The van der Waals surface area contributed by atoms with Crippen LogP contribution < -0.4 is 10.9 Å². The number of amides is 2. The number of aromatic nitrogens is 3. The molecule has 0 aliphatic carbocycles. The predicted octanol–water partition coefficient (Wildman–Crippen LogP) is 0.172. The number of nitrogens with one attached hydrogen (secondary N) is 1. The molecule has 0 aromatic carbocycles. The minimum absolute atomic E-state index is 0.0160. The Bertz CT molecular complexity index is 968. The summed E-state index contributed by atoms with van der Waals surface area (Å²) >= 11 is 1.53. The Kier molecular flexibility index (Phi) is 6.75. The van der Waals surface area contributed by atoms with E-state index in [2.05, 4.69) is 10.3 Å². The molecule has 10 heteroatoms. The van der Waals surface area contributed by atoms with E-state index in [0.29, 0.717) is 31.8 Å². The third kappa shape index (κ3) is 4.70. The standard InChI is InChI=1S/C19H25N5O4S/c1-22-8-5-21-19(22)29-9-6-20-17(26)16-14-4-7-24(15(25)12-28-3)11-13(14)10-23(2)18(16)27/h5,8,10H,4,6-7,9,11-12H2,1-3H3,(H,20,26). The number of fused-ring (bicyclic) bond motifs is 1. The molecule has 0 atom stereocenters. The molecular formula is C19H25N5O4S. The number of aryl methyl sites for hydroxylation is 2. The van der Waals surface area contributed by atoms with E-state index in [-0.39, 0.29) is 29.5 Å². The summed E-state index contributed by atoms with van der Waals surface area (Å²) in [7, 11) is 5.01. The fourth-order valence-electron chi connectivity index (χ4n) is 3.34. The number of pyridine rings is 1. The van der Waals surface area contributed by atoms with Crippen LogP contribution in [0.2, 0.25) is 0 Å². The average Bonchev–Trinajstić information content (AvgIpc) is 3.10. The van der Waals surface area contributed by atoms with Crippen molar-refractivity contribution in [1.29, 1.82) is 0 Å². The van der Waals surface area contributed by atoms with E-state index in [1.165, 1.54) is 23.4 Å². The van der Waals surface area contributed by atoms with Crippen LogP contribution in [0.3, 0.4) is 0 Å². The molecule has 2 aromatic heterocycles. The van der Waals surface area contributed by atoms with Crippen LogP contribution in [0, 0.1) is 0 Å². The molecule has 0 bridgehead atoms. The quantitative estimate of drug-likeness (QED) is 0.508. The lowest BCUT2D eigenvalue weighted by molar-refractivity contribution is -0.136. The first kappa shape index (κ1) is 21.1. The van der Waals surface area contributed by atoms with Gasteiger partial charge in [-0.3, -0.25) is 14.4 Å². The molecule has 0 unspecified atom stereocenters. The van der Waals surface area contributed by atoms with Crippen LogP contribution in [-0.4, -0.2) is 63.4 Å². The largest absolute Gasteiger partial charge is 0.375 e. The van der Waals surface area contributed by atoms with Crippen LogP contribution in [0.1, 0.15) is 21.5 Å². The monoisotopic (exact) mass is 419 g/mol. The van der Waals surface area contributed by atoms with Gasteiger partial charge < -0.3 is 24.1 Å². The van der Waals surface area contributed by atoms with Crippen LogP contribution in [0.4, 0.5) is 0 Å². The van der Waals surface area contributed by atoms with Gasteiger partial charge in [0.1, 0.15) is 12.2 Å². The number of hydrogen-bond acceptors (Lipinski definition) is 6. The molecule has 9 nitrogen and oxygen atoms in total. The van der Waals surface area contributed by atoms with E-state index in [0.717, 1.165) is 16.3 Å². The molecule has 1 aliphatic rings. The molecular weight excluding hydrogens is 394 g/mol. The Morgan fingerprint density at radius 3 is 2.79 bits per heavy atom. The molecule has 29 heavy (non-hydrogen) atoms. The zero-order valence-electron chi connectivity index (χ0n) is 16.8. The SMILES string of the molecule is COCC(=O)N1CCc2c(cn(C)c(=O)c2C(=O)NCCSc2nccn2C)C1. The Morgan fingerprint density at radius 2 is 2.10 bits per heavy atom. The van der Waals surface area contributed by atoms with Crippen LogP contribution >= 0.6 is 11.8 Å². The number of nitrogens with zero attached hydrogens (tertiary/aromatic N) is 4. The molecule has 0 saturated heterocycles. The second-order valence-corrected chi connectivity index (χ2v) is 7.91. The van der Waals surface area contributed by atoms with Crippen LogP contribution in [0.5, 0.6) is 0 Å². The maximum absolute atomic E-state index is 12.8. The first-order valence-electron chi connectivity index (χ1n) is 9.28. The van der Waals surface area contributed by atoms with Gasteiger partial charge in [-0.1, -0.05) is 11.8 Å². The Balaban J connectivity index is 1.70. The van der Waals surface area contributed by atoms with E-state index in [9.17, 15) is 14.4 Å². The maximum Gasteiger partial charge on any atom is 0.263 e. The highest BCUT2D eigenvalue weighted by Gasteiger charge is 2.27. The molecule has 2 amide bonds. The van der Waals surface area contributed by atoms with Crippen molar-refractivity contribution in [3.05, 3.63) is 45.6 Å². The molecule has 2 aromatic rings. The Morgan fingerprint density at radius 1 is 1.31 bits per heavy atom. The Hall–Kier alpha value is -2.59. The van der Waals surface area contributed by atoms with Gasteiger partial charge in [-0.05, 0) is 17.5 Å². The summed E-state index contributed by atoms with van der Waals surface area (Å²) in [4.78, 5) is 43.5. The Labute approximate surface area is 173 Å². The van der Waals surface area contributed by atoms with Crippen molar-refractivity contribution in [3.8, 4) is 0 Å². The van der Waals surface area contributed by atoms with E-state index >= 15 is 0 Å². The summed E-state index contributed by atoms with van der Waals surface area (Å²) in [6.45, 7) is 1.25. The number of imidazole rings is 1. The van der Waals surface area contributed by atoms with Gasteiger partial charge >= 0.3 is 0 Å². The number of thioether (sulfide) groups is 1. The van der Waals surface area contributed by atoms with Crippen molar-refractivity contribution >= 4 is 23.6 Å². The van der Waals surface area contributed by atoms with Crippen LogP contribution in [0.15, 0.2) is 28.5 Å². The number of hydrogen-bond donors (Lipinski definition) is 1. The van der Waals surface area contributed by atoms with Crippen molar-refractivity contribution in [3.63, 3.8) is 0 Å². The minimum Gasteiger partial charge on any atom is -0.375 e. The molecule has 3 heterocycles. The normalized spacial score (nSPS) is 13.3. The summed E-state index contributed by atoms with van der Waals surface area (Å²) in [5.74, 6) is 0.162. The zero-order chi connectivity index (χ0) is 21.0. The summed E-state index contributed by atoms with van der Waals surface area (Å²) < 4.78 is 8.23. The van der Waals surface area contributed by atoms with Crippen molar-refractivity contribution < 1.29 is 14.3 Å². The van der Waals surface area contributed by atoms with Gasteiger partial charge in [0, 0.05) is 65.2 Å². The highest BCUT2D eigenvalue weighted by Crippen LogP contribution is 2.21. The van der Waals surface area contributed by atoms with E-state index in [1.807, 2.05) is 17.8 Å². The number of carbonyl (C=O) groups is 2. The lowest BCUT2D eigenvalue weighted by atomic mass is 9.96. The summed E-state index contributed by atoms with van der Waals surface area (Å²) in [6.07, 6.45) is 5.76. The van der Waals surface area contributed by atoms with Crippen molar-refractivity contribution in [2.45, 2.75) is 18.1 Å². The second-order valence-electron chi connectivity index (χ2n) is 6.85. The average molecular weight is 420 g/mol. The summed E-state index contributed by atoms with van der Waals surface area (Å²) in [6, 6.07) is 0. The first-order chi connectivity index (χ1) is 13.9. The van der Waals surface area contributed by atoms with E-state index in [4.69, 9.17) is 4.74 Å². The maximum atomic E-state index is 12.8. The van der Waals surface area contributed by atoms with Gasteiger partial charge in [0.25, 0.3) is 11.5 Å². The van der Waals surface area contributed by atoms with Gasteiger partial charge in [0.15, 0.2) is 5.16 Å². The zero-order valence-corrected chi connectivity index (χ0v) is 17.6. The molecule has 1 aliphatic heterocycles. The van der Waals surface area contributed by atoms with Crippen molar-refractivity contribution in [2.75, 3.05) is 32.6 Å². The number of ether oxygens (including phenoxy) is 1. The molecule has 1 N–H and O–H groups in total. The van der Waals surface area contributed by atoms with Gasteiger partial charge in [0.05, 0.1) is 0 Å². The molecule has 3 rings (SSSR count). The highest BCUT2D eigenvalue weighted by atomic mass is 32.2. The number of methoxy groups -OCH3 is 1. The van der Waals surface area contributed by atoms with E-state index in [1.54, 1.807) is 24.3 Å². The number of rotatable bonds is 7. The van der Waals surface area contributed by atoms with Gasteiger partial charge in [-0.15, -0.1) is 0 Å². The van der Waals surface area contributed by atoms with Crippen LogP contribution in [0.25, 0.3) is 0 Å². The van der Waals surface area contributed by atoms with Crippen LogP contribution in [-0.2, 0) is 36.6 Å². The van der Waals surface area contributed by atoms with Gasteiger partial charge in [-0.25, -0.2) is 4.98 Å². The number of carbonyl (C=O) groups excluding carboxylic acids is 2. The lowest BCUT2D eigenvalue weighted by Gasteiger charge is -2.30. The first-order valence-corrected chi connectivity index (χ1v) is 10.3. The fourth-order valence-corrected chi connectivity index (χ4v) is 4.12. The fraction of sp³-hybridized carbons (Fsp3) is 0.474. The van der Waals surface area contributed by atoms with E-state index < -0.39 is 0 Å². The van der Waals surface area contributed by atoms with Crippen molar-refractivity contribution in [2.24, 2.45) is 14.1 Å². The molecule has 0 saturated carbocycles. The van der Waals surface area contributed by atoms with Gasteiger partial charge in [-0.2, -0.15) is 0 Å². The van der Waals surface area contributed by atoms with Gasteiger partial charge in [0.2, 0.25) is 5.91 Å².